The lowest BCUT2D eigenvalue weighted by Crippen LogP contribution is -2.06. The van der Waals surface area contributed by atoms with E-state index in [2.05, 4.69) is 4.99 Å². The Hall–Kier alpha value is -3.48. The van der Waals surface area contributed by atoms with Crippen molar-refractivity contribution in [2.75, 3.05) is 7.11 Å². The molecule has 0 saturated heterocycles. The highest BCUT2D eigenvalue weighted by Crippen LogP contribution is 2.26. The molecule has 0 saturated carbocycles. The van der Waals surface area contributed by atoms with Crippen LogP contribution in [0.15, 0.2) is 53.2 Å². The van der Waals surface area contributed by atoms with E-state index in [1.807, 2.05) is 12.1 Å². The summed E-state index contributed by atoms with van der Waals surface area (Å²) in [6, 6.07) is 11.7. The van der Waals surface area contributed by atoms with E-state index < -0.39 is 10.9 Å². The molecule has 0 aromatic heterocycles. The van der Waals surface area contributed by atoms with Crippen LogP contribution in [0.25, 0.3) is 6.08 Å². The third-order valence-corrected chi connectivity index (χ3v) is 3.70. The van der Waals surface area contributed by atoms with Gasteiger partial charge in [0.05, 0.1) is 12.0 Å². The Balaban J connectivity index is 1.99. The summed E-state index contributed by atoms with van der Waals surface area (Å²) >= 11 is 0. The van der Waals surface area contributed by atoms with Crippen LogP contribution < -0.4 is 4.74 Å². The zero-order chi connectivity index (χ0) is 18.0. The maximum Gasteiger partial charge on any atom is 0.363 e. The lowest BCUT2D eigenvalue weighted by Gasteiger charge is -2.03. The number of rotatable bonds is 4. The number of nitro groups is 1. The SMILES string of the molecule is COc1ccccc1C=C1N=C(c2ccc(C)c([N+](=O)[O-])c2)OC1=O. The second kappa shape index (κ2) is 6.56. The molecule has 0 N–H and O–H groups in total. The van der Waals surface area contributed by atoms with Gasteiger partial charge in [-0.25, -0.2) is 9.79 Å². The van der Waals surface area contributed by atoms with Gasteiger partial charge < -0.3 is 9.47 Å². The minimum Gasteiger partial charge on any atom is -0.496 e. The first kappa shape index (κ1) is 16.4. The third kappa shape index (κ3) is 3.25. The summed E-state index contributed by atoms with van der Waals surface area (Å²) < 4.78 is 10.4. The van der Waals surface area contributed by atoms with E-state index in [1.165, 1.54) is 13.2 Å². The molecule has 0 spiro atoms. The predicted molar refractivity (Wildman–Crippen MR) is 91.4 cm³/mol. The minimum atomic E-state index is -0.621. The van der Waals surface area contributed by atoms with E-state index in [0.717, 1.165) is 0 Å². The number of para-hydroxylation sites is 1. The molecule has 0 radical (unpaired) electrons. The van der Waals surface area contributed by atoms with E-state index in [-0.39, 0.29) is 17.3 Å². The molecule has 3 rings (SSSR count). The number of nitro benzene ring substituents is 1. The number of aryl methyl sites for hydroxylation is 1. The number of benzene rings is 2. The van der Waals surface area contributed by atoms with Gasteiger partial charge in [-0.3, -0.25) is 10.1 Å². The van der Waals surface area contributed by atoms with Crippen molar-refractivity contribution >= 4 is 23.6 Å². The van der Waals surface area contributed by atoms with Crippen LogP contribution in [0.2, 0.25) is 0 Å². The summed E-state index contributed by atoms with van der Waals surface area (Å²) in [5.41, 5.74) is 1.61. The van der Waals surface area contributed by atoms with Gasteiger partial charge in [-0.1, -0.05) is 24.3 Å². The largest absolute Gasteiger partial charge is 0.496 e. The lowest BCUT2D eigenvalue weighted by molar-refractivity contribution is -0.385. The van der Waals surface area contributed by atoms with E-state index in [9.17, 15) is 14.9 Å². The van der Waals surface area contributed by atoms with Crippen LogP contribution >= 0.6 is 0 Å². The van der Waals surface area contributed by atoms with Gasteiger partial charge in [0.2, 0.25) is 5.90 Å². The van der Waals surface area contributed by atoms with Crippen molar-refractivity contribution in [2.24, 2.45) is 4.99 Å². The number of ether oxygens (including phenoxy) is 2. The summed E-state index contributed by atoms with van der Waals surface area (Å²) in [4.78, 5) is 26.8. The third-order valence-electron chi connectivity index (χ3n) is 3.70. The maximum atomic E-state index is 12.1. The predicted octanol–water partition coefficient (Wildman–Crippen LogP) is 3.26. The highest BCUT2D eigenvalue weighted by molar-refractivity contribution is 6.13. The van der Waals surface area contributed by atoms with Crippen molar-refractivity contribution in [3.05, 3.63) is 75.0 Å². The first-order valence-corrected chi connectivity index (χ1v) is 7.40. The zero-order valence-electron chi connectivity index (χ0n) is 13.6. The Labute approximate surface area is 143 Å². The molecule has 126 valence electrons. The zero-order valence-corrected chi connectivity index (χ0v) is 13.6. The van der Waals surface area contributed by atoms with E-state index >= 15 is 0 Å². The molecule has 0 aliphatic carbocycles. The van der Waals surface area contributed by atoms with E-state index in [0.29, 0.717) is 22.4 Å². The van der Waals surface area contributed by atoms with Crippen molar-refractivity contribution in [3.63, 3.8) is 0 Å². The second-order valence-electron chi connectivity index (χ2n) is 5.34. The number of nitrogens with zero attached hydrogens (tertiary/aromatic N) is 2. The Morgan fingerprint density at radius 2 is 2.00 bits per heavy atom. The average molecular weight is 338 g/mol. The van der Waals surface area contributed by atoms with Gasteiger partial charge in [0, 0.05) is 22.8 Å². The number of carbonyl (C=O) groups is 1. The van der Waals surface area contributed by atoms with Gasteiger partial charge in [-0.2, -0.15) is 0 Å². The molecule has 0 bridgehead atoms. The Bertz CT molecular complexity index is 931. The molecule has 25 heavy (non-hydrogen) atoms. The number of hydrogen-bond acceptors (Lipinski definition) is 6. The Kier molecular flexibility index (Phi) is 4.30. The Morgan fingerprint density at radius 1 is 1.24 bits per heavy atom. The average Bonchev–Trinajstić information content (AvgIpc) is 2.96. The van der Waals surface area contributed by atoms with Crippen molar-refractivity contribution in [1.82, 2.24) is 0 Å². The van der Waals surface area contributed by atoms with Gasteiger partial charge in [-0.05, 0) is 25.1 Å². The molecule has 0 atom stereocenters. The number of carbonyl (C=O) groups excluding carboxylic acids is 1. The Morgan fingerprint density at radius 3 is 2.72 bits per heavy atom. The molecule has 7 nitrogen and oxygen atoms in total. The van der Waals surface area contributed by atoms with Crippen LogP contribution in [-0.2, 0) is 9.53 Å². The molecule has 1 aliphatic heterocycles. The monoisotopic (exact) mass is 338 g/mol. The van der Waals surface area contributed by atoms with Crippen molar-refractivity contribution < 1.29 is 19.2 Å². The maximum absolute atomic E-state index is 12.1. The molecular formula is C18H14N2O5. The second-order valence-corrected chi connectivity index (χ2v) is 5.34. The van der Waals surface area contributed by atoms with Gasteiger partial charge >= 0.3 is 5.97 Å². The first-order chi connectivity index (χ1) is 12.0. The first-order valence-electron chi connectivity index (χ1n) is 7.40. The van der Waals surface area contributed by atoms with Gasteiger partial charge in [0.15, 0.2) is 5.70 Å². The fourth-order valence-electron chi connectivity index (χ4n) is 2.40. The highest BCUT2D eigenvalue weighted by Gasteiger charge is 2.26. The fraction of sp³-hybridized carbons (Fsp3) is 0.111. The number of esters is 1. The lowest BCUT2D eigenvalue weighted by atomic mass is 10.1. The fourth-order valence-corrected chi connectivity index (χ4v) is 2.40. The number of methoxy groups -OCH3 is 1. The van der Waals surface area contributed by atoms with Crippen LogP contribution in [0.1, 0.15) is 16.7 Å². The summed E-state index contributed by atoms with van der Waals surface area (Å²) in [6.07, 6.45) is 1.55. The summed E-state index contributed by atoms with van der Waals surface area (Å²) in [7, 11) is 1.53. The van der Waals surface area contributed by atoms with Crippen LogP contribution in [-0.4, -0.2) is 23.9 Å². The molecule has 0 unspecified atom stereocenters. The normalized spacial score (nSPS) is 15.0. The van der Waals surface area contributed by atoms with E-state index in [1.54, 1.807) is 37.3 Å². The van der Waals surface area contributed by atoms with Crippen molar-refractivity contribution in [2.45, 2.75) is 6.92 Å². The smallest absolute Gasteiger partial charge is 0.363 e. The highest BCUT2D eigenvalue weighted by atomic mass is 16.6. The quantitative estimate of drug-likeness (QED) is 0.369. The topological polar surface area (TPSA) is 91.0 Å². The van der Waals surface area contributed by atoms with Gasteiger partial charge in [-0.15, -0.1) is 0 Å². The molecule has 2 aromatic rings. The molecule has 0 amide bonds. The summed E-state index contributed by atoms with van der Waals surface area (Å²) in [5, 5.41) is 11.1. The summed E-state index contributed by atoms with van der Waals surface area (Å²) in [5.74, 6) is 0.0100. The molecule has 7 heteroatoms. The van der Waals surface area contributed by atoms with Crippen molar-refractivity contribution in [1.29, 1.82) is 0 Å². The van der Waals surface area contributed by atoms with Crippen LogP contribution in [0, 0.1) is 17.0 Å². The van der Waals surface area contributed by atoms with Crippen LogP contribution in [0.3, 0.4) is 0 Å². The molecule has 1 aliphatic rings. The van der Waals surface area contributed by atoms with Gasteiger partial charge in [0.1, 0.15) is 5.75 Å². The summed E-state index contributed by atoms with van der Waals surface area (Å²) in [6.45, 7) is 1.64. The molecule has 0 fully saturated rings. The number of aliphatic imine (C=N–C) groups is 1. The molecular weight excluding hydrogens is 324 g/mol. The van der Waals surface area contributed by atoms with Crippen LogP contribution in [0.5, 0.6) is 5.75 Å². The van der Waals surface area contributed by atoms with Gasteiger partial charge in [0.25, 0.3) is 5.69 Å². The number of hydrogen-bond donors (Lipinski definition) is 0. The minimum absolute atomic E-state index is 0.0363. The molecule has 1 heterocycles. The van der Waals surface area contributed by atoms with Crippen molar-refractivity contribution in [3.8, 4) is 5.75 Å². The standard InChI is InChI=1S/C18H14N2O5/c1-11-7-8-13(10-15(11)20(22)23)17-19-14(18(21)25-17)9-12-5-3-4-6-16(12)24-2/h3-10H,1-2H3. The van der Waals surface area contributed by atoms with Crippen LogP contribution in [0.4, 0.5) is 5.69 Å². The molecule has 2 aromatic carbocycles. The number of cyclic esters (lactones) is 1. The van der Waals surface area contributed by atoms with E-state index in [4.69, 9.17) is 9.47 Å².